The molecule has 0 saturated carbocycles. The molecule has 4 N–H and O–H groups in total. The van der Waals surface area contributed by atoms with Crippen LogP contribution in [-0.4, -0.2) is 37.4 Å². The number of anilines is 1. The maximum absolute atomic E-state index is 11.9. The summed E-state index contributed by atoms with van der Waals surface area (Å²) in [7, 11) is 0. The van der Waals surface area contributed by atoms with Gasteiger partial charge in [0, 0.05) is 24.5 Å². The molecular formula is C21H27N7O. The van der Waals surface area contributed by atoms with Crippen molar-refractivity contribution in [3.05, 3.63) is 65.8 Å². The lowest BCUT2D eigenvalue weighted by Crippen LogP contribution is -2.25. The van der Waals surface area contributed by atoms with Gasteiger partial charge in [0.05, 0.1) is 18.4 Å². The molecule has 29 heavy (non-hydrogen) atoms. The van der Waals surface area contributed by atoms with Gasteiger partial charge >= 0.3 is 0 Å². The summed E-state index contributed by atoms with van der Waals surface area (Å²) in [6.45, 7) is 1.10. The molecule has 0 atom stereocenters. The smallest absolute Gasteiger partial charge is 0.244 e. The number of hydrogen-bond acceptors (Lipinski definition) is 5. The molecule has 3 aromatic rings. The lowest BCUT2D eigenvalue weighted by molar-refractivity contribution is -0.116. The van der Waals surface area contributed by atoms with Gasteiger partial charge in [-0.2, -0.15) is 0 Å². The molecule has 0 aliphatic carbocycles. The largest absolute Gasteiger partial charge is 0.369 e. The Balaban J connectivity index is 1.28. The highest BCUT2D eigenvalue weighted by atomic mass is 16.1. The zero-order valence-electron chi connectivity index (χ0n) is 16.4. The molecule has 8 heteroatoms. The summed E-state index contributed by atoms with van der Waals surface area (Å²) < 4.78 is 1.77. The topological polar surface area (TPSA) is 115 Å². The second-order valence-corrected chi connectivity index (χ2v) is 6.86. The van der Waals surface area contributed by atoms with Crippen LogP contribution in [0.2, 0.25) is 0 Å². The second kappa shape index (κ2) is 10.8. The van der Waals surface area contributed by atoms with E-state index >= 15 is 0 Å². The summed E-state index contributed by atoms with van der Waals surface area (Å²) in [5.74, 6) is 0.355. The van der Waals surface area contributed by atoms with E-state index in [1.54, 1.807) is 23.0 Å². The number of carbonyl (C=O) groups is 1. The average Bonchev–Trinajstić information content (AvgIpc) is 3.36. The Bertz CT molecular complexity index is 914. The number of rotatable bonds is 11. The van der Waals surface area contributed by atoms with Gasteiger partial charge in [-0.3, -0.25) is 9.48 Å². The molecule has 2 heterocycles. The third-order valence-corrected chi connectivity index (χ3v) is 4.48. The van der Waals surface area contributed by atoms with Gasteiger partial charge in [-0.05, 0) is 37.3 Å². The predicted molar refractivity (Wildman–Crippen MR) is 113 cm³/mol. The summed E-state index contributed by atoms with van der Waals surface area (Å²) >= 11 is 0. The number of benzene rings is 1. The Kier molecular flexibility index (Phi) is 7.56. The van der Waals surface area contributed by atoms with Crippen LogP contribution in [0.4, 0.5) is 5.95 Å². The summed E-state index contributed by atoms with van der Waals surface area (Å²) in [5, 5.41) is 11.2. The van der Waals surface area contributed by atoms with E-state index in [-0.39, 0.29) is 5.91 Å². The number of carbonyl (C=O) groups excluding carboxylic acids is 1. The molecule has 152 valence electrons. The first kappa shape index (κ1) is 20.3. The average molecular weight is 393 g/mol. The van der Waals surface area contributed by atoms with Crippen LogP contribution < -0.4 is 11.1 Å². The molecule has 2 aromatic heterocycles. The number of hydrogen-bond donors (Lipinski definition) is 3. The molecule has 0 unspecified atom stereocenters. The monoisotopic (exact) mass is 393 g/mol. The first-order valence-electron chi connectivity index (χ1n) is 9.88. The van der Waals surface area contributed by atoms with Crippen molar-refractivity contribution in [3.63, 3.8) is 0 Å². The molecule has 0 saturated heterocycles. The first-order chi connectivity index (χ1) is 14.2. The highest BCUT2D eigenvalue weighted by Crippen LogP contribution is 2.08. The zero-order valence-corrected chi connectivity index (χ0v) is 16.4. The molecule has 0 radical (unpaired) electrons. The van der Waals surface area contributed by atoms with Crippen LogP contribution in [0.25, 0.3) is 6.08 Å². The molecule has 0 bridgehead atoms. The zero-order chi connectivity index (χ0) is 20.3. The summed E-state index contributed by atoms with van der Waals surface area (Å²) in [5.41, 5.74) is 8.62. The van der Waals surface area contributed by atoms with E-state index in [9.17, 15) is 4.79 Å². The number of nitrogens with one attached hydrogen (secondary N) is 2. The minimum Gasteiger partial charge on any atom is -0.369 e. The number of aromatic nitrogens is 5. The Hall–Kier alpha value is -3.42. The van der Waals surface area contributed by atoms with Gasteiger partial charge in [-0.25, -0.2) is 4.98 Å². The van der Waals surface area contributed by atoms with Crippen molar-refractivity contribution < 1.29 is 4.79 Å². The number of aromatic amines is 1. The first-order valence-corrected chi connectivity index (χ1v) is 9.88. The summed E-state index contributed by atoms with van der Waals surface area (Å²) in [6.07, 6.45) is 12.2. The molecule has 0 aliphatic heterocycles. The molecule has 1 amide bonds. The lowest BCUT2D eigenvalue weighted by Gasteiger charge is -2.02. The number of imidazole rings is 1. The standard InChI is InChI=1S/C21H27N7O/c22-21-24-15-18(25-21)9-5-2-6-10-19-16-28(27-26-19)14-13-23-20(29)12-11-17-7-3-1-4-8-17/h1,3-4,7-8,11-12,15-16H,2,5-6,9-10,13-14H2,(H,23,29)(H3,22,24,25). The fraction of sp³-hybridized carbons (Fsp3) is 0.333. The van der Waals surface area contributed by atoms with Crippen molar-refractivity contribution in [2.75, 3.05) is 12.3 Å². The van der Waals surface area contributed by atoms with Crippen molar-refractivity contribution in [1.29, 1.82) is 0 Å². The Labute approximate surface area is 170 Å². The third kappa shape index (κ3) is 7.25. The Morgan fingerprint density at radius 3 is 2.79 bits per heavy atom. The van der Waals surface area contributed by atoms with Crippen molar-refractivity contribution in [2.45, 2.75) is 38.6 Å². The van der Waals surface area contributed by atoms with E-state index in [1.165, 1.54) is 0 Å². The van der Waals surface area contributed by atoms with Gasteiger partial charge in [0.2, 0.25) is 5.91 Å². The van der Waals surface area contributed by atoms with E-state index in [0.29, 0.717) is 19.0 Å². The van der Waals surface area contributed by atoms with Crippen molar-refractivity contribution in [3.8, 4) is 0 Å². The van der Waals surface area contributed by atoms with Gasteiger partial charge in [0.15, 0.2) is 5.95 Å². The van der Waals surface area contributed by atoms with E-state index < -0.39 is 0 Å². The maximum Gasteiger partial charge on any atom is 0.244 e. The number of aryl methyl sites for hydroxylation is 2. The minimum atomic E-state index is -0.117. The van der Waals surface area contributed by atoms with Crippen LogP contribution >= 0.6 is 0 Å². The van der Waals surface area contributed by atoms with E-state index in [1.807, 2.05) is 36.5 Å². The number of nitrogen functional groups attached to an aromatic ring is 1. The Morgan fingerprint density at radius 1 is 1.17 bits per heavy atom. The number of nitrogens with two attached hydrogens (primary N) is 1. The normalized spacial score (nSPS) is 11.2. The highest BCUT2D eigenvalue weighted by molar-refractivity contribution is 5.91. The van der Waals surface area contributed by atoms with Crippen LogP contribution in [0.5, 0.6) is 0 Å². The maximum atomic E-state index is 11.9. The van der Waals surface area contributed by atoms with Crippen LogP contribution in [0, 0.1) is 0 Å². The summed E-state index contributed by atoms with van der Waals surface area (Å²) in [4.78, 5) is 18.9. The highest BCUT2D eigenvalue weighted by Gasteiger charge is 2.03. The molecule has 3 rings (SSSR count). The minimum absolute atomic E-state index is 0.117. The van der Waals surface area contributed by atoms with Crippen LogP contribution in [0.3, 0.4) is 0 Å². The van der Waals surface area contributed by atoms with Gasteiger partial charge < -0.3 is 16.0 Å². The molecule has 0 spiro atoms. The van der Waals surface area contributed by atoms with Gasteiger partial charge in [-0.1, -0.05) is 42.0 Å². The van der Waals surface area contributed by atoms with Crippen LogP contribution in [0.1, 0.15) is 36.2 Å². The van der Waals surface area contributed by atoms with Crippen LogP contribution in [-0.2, 0) is 24.2 Å². The molecule has 1 aromatic carbocycles. The predicted octanol–water partition coefficient (Wildman–Crippen LogP) is 2.37. The van der Waals surface area contributed by atoms with Crippen molar-refractivity contribution in [2.24, 2.45) is 0 Å². The van der Waals surface area contributed by atoms with E-state index in [2.05, 4.69) is 25.6 Å². The Morgan fingerprint density at radius 2 is 2.00 bits per heavy atom. The van der Waals surface area contributed by atoms with Gasteiger partial charge in [-0.15, -0.1) is 5.10 Å². The lowest BCUT2D eigenvalue weighted by atomic mass is 10.1. The van der Waals surface area contributed by atoms with Crippen LogP contribution in [0.15, 0.2) is 48.8 Å². The van der Waals surface area contributed by atoms with E-state index in [4.69, 9.17) is 5.73 Å². The number of nitrogens with zero attached hydrogens (tertiary/aromatic N) is 4. The van der Waals surface area contributed by atoms with Gasteiger partial charge in [0.1, 0.15) is 0 Å². The SMILES string of the molecule is Nc1ncc(CCCCCc2cn(CCNC(=O)C=Cc3ccccc3)nn2)[nH]1. The van der Waals surface area contributed by atoms with Crippen molar-refractivity contribution in [1.82, 2.24) is 30.3 Å². The molecule has 8 nitrogen and oxygen atoms in total. The molecule has 0 fully saturated rings. The second-order valence-electron chi connectivity index (χ2n) is 6.86. The molecule has 0 aliphatic rings. The fourth-order valence-corrected chi connectivity index (χ4v) is 2.95. The fourth-order valence-electron chi connectivity index (χ4n) is 2.95. The third-order valence-electron chi connectivity index (χ3n) is 4.48. The van der Waals surface area contributed by atoms with Crippen molar-refractivity contribution >= 4 is 17.9 Å². The molecular weight excluding hydrogens is 366 g/mol. The van der Waals surface area contributed by atoms with E-state index in [0.717, 1.165) is 49.1 Å². The van der Waals surface area contributed by atoms with Gasteiger partial charge in [0.25, 0.3) is 0 Å². The number of amides is 1. The summed E-state index contributed by atoms with van der Waals surface area (Å²) in [6, 6.07) is 9.73. The quantitative estimate of drug-likeness (QED) is 0.342. The number of unbranched alkanes of at least 4 members (excludes halogenated alkanes) is 2. The number of H-pyrrole nitrogens is 1.